The van der Waals surface area contributed by atoms with Crippen LogP contribution in [0.25, 0.3) is 0 Å². The van der Waals surface area contributed by atoms with Crippen molar-refractivity contribution in [3.63, 3.8) is 0 Å². The van der Waals surface area contributed by atoms with Crippen LogP contribution in [0.3, 0.4) is 0 Å². The molecule has 1 saturated carbocycles. The van der Waals surface area contributed by atoms with Crippen LogP contribution in [0.15, 0.2) is 15.8 Å². The molecule has 3 aliphatic rings. The molecule has 30 heavy (non-hydrogen) atoms. The molecule has 7 nitrogen and oxygen atoms in total. The van der Waals surface area contributed by atoms with Crippen LogP contribution in [0, 0.1) is 12.8 Å². The first-order valence-corrected chi connectivity index (χ1v) is 13.0. The molecule has 3 heterocycles. The molecule has 2 aliphatic heterocycles. The van der Waals surface area contributed by atoms with Gasteiger partial charge < -0.3 is 13.6 Å². The van der Waals surface area contributed by atoms with E-state index in [1.807, 2.05) is 0 Å². The predicted molar refractivity (Wildman–Crippen MR) is 117 cm³/mol. The molecule has 4 rings (SSSR count). The first-order chi connectivity index (χ1) is 13.8. The average molecular weight is 437 g/mol. The monoisotopic (exact) mass is 436 g/mol. The number of ether oxygens (including phenoxy) is 1. The van der Waals surface area contributed by atoms with Crippen molar-refractivity contribution in [1.29, 1.82) is 0 Å². The molecule has 0 aromatic carbocycles. The topological polar surface area (TPSA) is 71.7 Å². The maximum absolute atomic E-state index is 13.1. The van der Waals surface area contributed by atoms with Gasteiger partial charge in [-0.15, -0.1) is 0 Å². The van der Waals surface area contributed by atoms with Crippen LogP contribution >= 0.6 is 0 Å². The summed E-state index contributed by atoms with van der Waals surface area (Å²) in [6.45, 7) is 15.9. The summed E-state index contributed by atoms with van der Waals surface area (Å²) in [4.78, 5) is 25.7. The lowest BCUT2D eigenvalue weighted by Crippen LogP contribution is -2.64. The highest BCUT2D eigenvalue weighted by atomic mass is 28.4. The summed E-state index contributed by atoms with van der Waals surface area (Å²) in [5.41, 5.74) is 0.0984. The third-order valence-electron chi connectivity index (χ3n) is 6.74. The minimum absolute atomic E-state index is 0.0980. The quantitative estimate of drug-likeness (QED) is 0.679. The van der Waals surface area contributed by atoms with E-state index in [2.05, 4.69) is 41.5 Å². The van der Waals surface area contributed by atoms with Gasteiger partial charge in [0.1, 0.15) is 12.3 Å². The molecule has 1 aliphatic carbocycles. The summed E-state index contributed by atoms with van der Waals surface area (Å²) in [5.74, 6) is 0.444. The molecule has 0 bridgehead atoms. The van der Waals surface area contributed by atoms with Crippen molar-refractivity contribution in [3.05, 3.63) is 32.6 Å². The van der Waals surface area contributed by atoms with Gasteiger partial charge >= 0.3 is 14.3 Å². The molecule has 1 aromatic rings. The van der Waals surface area contributed by atoms with Crippen molar-refractivity contribution >= 4 is 8.56 Å². The fourth-order valence-electron chi connectivity index (χ4n) is 5.19. The lowest BCUT2D eigenvalue weighted by atomic mass is 10.2. The Hall–Kier alpha value is -1.22. The van der Waals surface area contributed by atoms with E-state index >= 15 is 0 Å². The van der Waals surface area contributed by atoms with Crippen molar-refractivity contribution < 1.29 is 13.6 Å². The molecule has 0 unspecified atom stereocenters. The first kappa shape index (κ1) is 22.0. The second-order valence-electron chi connectivity index (χ2n) is 11.3. The van der Waals surface area contributed by atoms with E-state index in [-0.39, 0.29) is 33.5 Å². The smallest absolute Gasteiger partial charge is 0.349 e. The van der Waals surface area contributed by atoms with Gasteiger partial charge in [-0.2, -0.15) is 0 Å². The number of nitrogens with zero attached hydrogens (tertiary/aromatic N) is 2. The van der Waals surface area contributed by atoms with E-state index < -0.39 is 14.8 Å². The van der Waals surface area contributed by atoms with Gasteiger partial charge in [-0.1, -0.05) is 41.5 Å². The lowest BCUT2D eigenvalue weighted by Gasteiger charge is -2.53. The summed E-state index contributed by atoms with van der Waals surface area (Å²) in [7, 11) is -2.58. The highest BCUT2D eigenvalue weighted by Gasteiger charge is 2.63. The van der Waals surface area contributed by atoms with Crippen LogP contribution in [0.5, 0.6) is 0 Å². The zero-order valence-corrected chi connectivity index (χ0v) is 20.4. The maximum atomic E-state index is 13.1. The fraction of sp³-hybridized carbons (Fsp3) is 0.818. The fourth-order valence-corrected chi connectivity index (χ4v) is 10.2. The molecule has 3 fully saturated rings. The average Bonchev–Trinajstić information content (AvgIpc) is 3.35. The molecular weight excluding hydrogens is 400 g/mol. The molecule has 0 amide bonds. The number of aromatic nitrogens is 2. The van der Waals surface area contributed by atoms with E-state index in [1.165, 1.54) is 4.57 Å². The Bertz CT molecular complexity index is 921. The molecule has 2 saturated heterocycles. The number of hydrogen-bond acceptors (Lipinski definition) is 5. The van der Waals surface area contributed by atoms with Crippen molar-refractivity contribution in [1.82, 2.24) is 9.13 Å². The SMILES string of the molecule is Cc1cn([C@H]2C[C@@H]3O[Si](C(C)(C)C)(C(C)(C)C)OC[C@H]3O2)c(=O)n(CC2CC2)c1=O. The normalized spacial score (nSPS) is 29.1. The first-order valence-electron chi connectivity index (χ1n) is 11.1. The Morgan fingerprint density at radius 1 is 1.07 bits per heavy atom. The Labute approximate surface area is 179 Å². The molecule has 168 valence electrons. The van der Waals surface area contributed by atoms with Gasteiger partial charge in [-0.25, -0.2) is 4.79 Å². The van der Waals surface area contributed by atoms with Crippen LogP contribution in [0.2, 0.25) is 10.1 Å². The van der Waals surface area contributed by atoms with Gasteiger partial charge in [-0.3, -0.25) is 13.9 Å². The van der Waals surface area contributed by atoms with Crippen LogP contribution in [0.1, 0.15) is 72.6 Å². The third-order valence-corrected chi connectivity index (χ3v) is 11.9. The van der Waals surface area contributed by atoms with E-state index in [1.54, 1.807) is 17.7 Å². The second kappa shape index (κ2) is 7.15. The van der Waals surface area contributed by atoms with Crippen LogP contribution in [-0.2, 0) is 20.1 Å². The number of aryl methyl sites for hydroxylation is 1. The van der Waals surface area contributed by atoms with Crippen molar-refractivity contribution in [2.24, 2.45) is 5.92 Å². The highest BCUT2D eigenvalue weighted by Crippen LogP contribution is 2.55. The van der Waals surface area contributed by atoms with E-state index in [0.29, 0.717) is 31.1 Å². The van der Waals surface area contributed by atoms with Gasteiger partial charge in [0.2, 0.25) is 0 Å². The molecule has 3 atom stereocenters. The zero-order chi connectivity index (χ0) is 22.1. The summed E-state index contributed by atoms with van der Waals surface area (Å²) in [6, 6.07) is 0. The van der Waals surface area contributed by atoms with Gasteiger partial charge in [0.15, 0.2) is 0 Å². The van der Waals surface area contributed by atoms with E-state index in [9.17, 15) is 9.59 Å². The number of hydrogen-bond donors (Lipinski definition) is 0. The zero-order valence-electron chi connectivity index (χ0n) is 19.4. The van der Waals surface area contributed by atoms with Crippen molar-refractivity contribution in [3.8, 4) is 0 Å². The van der Waals surface area contributed by atoms with Gasteiger partial charge in [0, 0.05) is 34.8 Å². The Morgan fingerprint density at radius 2 is 1.70 bits per heavy atom. The van der Waals surface area contributed by atoms with Crippen LogP contribution in [-0.4, -0.2) is 36.5 Å². The molecule has 0 N–H and O–H groups in total. The molecule has 0 radical (unpaired) electrons. The minimum atomic E-state index is -2.58. The highest BCUT2D eigenvalue weighted by molar-refractivity contribution is 6.73. The maximum Gasteiger partial charge on any atom is 0.349 e. The standard InChI is InChI=1S/C22H36N2O5Si/c1-14-11-23(20(26)24(19(14)25)12-15-8-9-15)18-10-16-17(28-18)13-27-30(29-16,21(2,3)4)22(5,6)7/h11,15-18H,8-10,12-13H2,1-7H3/t16-,17+,18+/m0/s1. The summed E-state index contributed by atoms with van der Waals surface area (Å²) in [6.07, 6.45) is 3.67. The number of rotatable bonds is 3. The van der Waals surface area contributed by atoms with E-state index in [0.717, 1.165) is 12.8 Å². The largest absolute Gasteiger partial charge is 0.391 e. The van der Waals surface area contributed by atoms with Gasteiger partial charge in [0.05, 0.1) is 12.7 Å². The second-order valence-corrected chi connectivity index (χ2v) is 16.1. The predicted octanol–water partition coefficient (Wildman–Crippen LogP) is 3.47. The van der Waals surface area contributed by atoms with Gasteiger partial charge in [-0.05, 0) is 25.7 Å². The summed E-state index contributed by atoms with van der Waals surface area (Å²) < 4.78 is 22.5. The van der Waals surface area contributed by atoms with Crippen LogP contribution in [0.4, 0.5) is 0 Å². The Kier molecular flexibility index (Phi) is 5.24. The lowest BCUT2D eigenvalue weighted by molar-refractivity contribution is -0.0811. The molecule has 1 aromatic heterocycles. The molecular formula is C22H36N2O5Si. The minimum Gasteiger partial charge on any atom is -0.391 e. The molecule has 0 spiro atoms. The molecule has 8 heteroatoms. The van der Waals surface area contributed by atoms with Gasteiger partial charge in [0.25, 0.3) is 5.56 Å². The summed E-state index contributed by atoms with van der Waals surface area (Å²) >= 11 is 0. The Balaban J connectivity index is 1.63. The summed E-state index contributed by atoms with van der Waals surface area (Å²) in [5, 5.41) is -0.196. The third kappa shape index (κ3) is 3.55. The Morgan fingerprint density at radius 3 is 2.27 bits per heavy atom. The van der Waals surface area contributed by atoms with Crippen molar-refractivity contribution in [2.75, 3.05) is 6.61 Å². The number of fused-ring (bicyclic) bond motifs is 1. The van der Waals surface area contributed by atoms with Crippen LogP contribution < -0.4 is 11.2 Å². The van der Waals surface area contributed by atoms with E-state index in [4.69, 9.17) is 13.6 Å². The van der Waals surface area contributed by atoms with Crippen molar-refractivity contribution in [2.45, 2.75) is 103 Å².